The Balaban J connectivity index is 2.09. The van der Waals surface area contributed by atoms with Gasteiger partial charge in [0.2, 0.25) is 0 Å². The maximum absolute atomic E-state index is 6.15. The fourth-order valence-corrected chi connectivity index (χ4v) is 2.67. The summed E-state index contributed by atoms with van der Waals surface area (Å²) in [7, 11) is 0. The molecule has 0 saturated carbocycles. The van der Waals surface area contributed by atoms with Crippen molar-refractivity contribution >= 4 is 28.3 Å². The number of hydrogen-bond donors (Lipinski definition) is 1. The predicted molar refractivity (Wildman–Crippen MR) is 95.6 cm³/mol. The van der Waals surface area contributed by atoms with E-state index in [4.69, 9.17) is 5.73 Å². The Hall–Kier alpha value is -1.82. The van der Waals surface area contributed by atoms with Crippen molar-refractivity contribution in [3.63, 3.8) is 0 Å². The highest BCUT2D eigenvalue weighted by Gasteiger charge is 2.11. The van der Waals surface area contributed by atoms with E-state index in [1.165, 1.54) is 14.7 Å². The van der Waals surface area contributed by atoms with Gasteiger partial charge in [0, 0.05) is 9.13 Å². The van der Waals surface area contributed by atoms with E-state index in [9.17, 15) is 0 Å². The Labute approximate surface area is 137 Å². The van der Waals surface area contributed by atoms with Crippen LogP contribution in [0.5, 0.6) is 0 Å². The summed E-state index contributed by atoms with van der Waals surface area (Å²) in [6, 6.07) is 14.6. The Kier molecular flexibility index (Phi) is 3.71. The van der Waals surface area contributed by atoms with Crippen LogP contribution in [0.15, 0.2) is 48.7 Å². The topological polar surface area (TPSA) is 43.8 Å². The van der Waals surface area contributed by atoms with Crippen LogP contribution in [0.3, 0.4) is 0 Å². The van der Waals surface area contributed by atoms with Crippen LogP contribution >= 0.6 is 22.6 Å². The van der Waals surface area contributed by atoms with E-state index in [-0.39, 0.29) is 0 Å². The molecule has 0 aliphatic rings. The lowest BCUT2D eigenvalue weighted by Gasteiger charge is -2.06. The van der Waals surface area contributed by atoms with Gasteiger partial charge < -0.3 is 5.73 Å². The van der Waals surface area contributed by atoms with Gasteiger partial charge in [0.25, 0.3) is 0 Å². The molecular weight excluding hydrogens is 373 g/mol. The second kappa shape index (κ2) is 5.52. The highest BCUT2D eigenvalue weighted by molar-refractivity contribution is 14.1. The standard InChI is InChI=1S/C17H16IN3/c1-11-3-4-12(2)16(9-11)21-10-15(19)17(20-21)13-5-7-14(18)8-6-13/h3-10H,19H2,1-2H3. The second-order valence-corrected chi connectivity index (χ2v) is 6.42. The summed E-state index contributed by atoms with van der Waals surface area (Å²) in [6.45, 7) is 4.16. The van der Waals surface area contributed by atoms with Crippen molar-refractivity contribution in [1.29, 1.82) is 0 Å². The zero-order valence-corrected chi connectivity index (χ0v) is 14.1. The maximum Gasteiger partial charge on any atom is 0.116 e. The van der Waals surface area contributed by atoms with E-state index >= 15 is 0 Å². The zero-order valence-electron chi connectivity index (χ0n) is 12.0. The average Bonchev–Trinajstić information content (AvgIpc) is 2.84. The number of aromatic nitrogens is 2. The monoisotopic (exact) mass is 389 g/mol. The van der Waals surface area contributed by atoms with Crippen LogP contribution in [0.1, 0.15) is 11.1 Å². The molecule has 0 aliphatic carbocycles. The molecule has 0 amide bonds. The molecule has 3 aromatic rings. The van der Waals surface area contributed by atoms with Gasteiger partial charge in [-0.15, -0.1) is 0 Å². The average molecular weight is 389 g/mol. The molecule has 2 aromatic carbocycles. The number of rotatable bonds is 2. The molecule has 106 valence electrons. The maximum atomic E-state index is 6.15. The molecule has 0 atom stereocenters. The predicted octanol–water partition coefficient (Wildman–Crippen LogP) is 4.34. The lowest BCUT2D eigenvalue weighted by molar-refractivity contribution is 0.875. The molecule has 4 heteroatoms. The van der Waals surface area contributed by atoms with E-state index < -0.39 is 0 Å². The number of anilines is 1. The number of hydrogen-bond acceptors (Lipinski definition) is 2. The molecule has 1 aromatic heterocycles. The summed E-state index contributed by atoms with van der Waals surface area (Å²) in [5, 5.41) is 4.67. The molecule has 3 nitrogen and oxygen atoms in total. The third-order valence-corrected chi connectivity index (χ3v) is 4.19. The minimum Gasteiger partial charge on any atom is -0.396 e. The third kappa shape index (κ3) is 2.81. The minimum atomic E-state index is 0.692. The van der Waals surface area contributed by atoms with E-state index in [1.54, 1.807) is 0 Å². The highest BCUT2D eigenvalue weighted by Crippen LogP contribution is 2.27. The summed E-state index contributed by atoms with van der Waals surface area (Å²) in [5.74, 6) is 0. The fourth-order valence-electron chi connectivity index (χ4n) is 2.31. The summed E-state index contributed by atoms with van der Waals surface area (Å²) < 4.78 is 3.06. The fraction of sp³-hybridized carbons (Fsp3) is 0.118. The summed E-state index contributed by atoms with van der Waals surface area (Å²) in [5.41, 5.74) is 12.2. The van der Waals surface area contributed by atoms with E-state index in [2.05, 4.69) is 71.9 Å². The Bertz CT molecular complexity index is 788. The van der Waals surface area contributed by atoms with Crippen LogP contribution in [0.25, 0.3) is 16.9 Å². The van der Waals surface area contributed by atoms with Crippen LogP contribution in [0.2, 0.25) is 0 Å². The van der Waals surface area contributed by atoms with Gasteiger partial charge in [-0.05, 0) is 65.8 Å². The van der Waals surface area contributed by atoms with E-state index in [1.807, 2.05) is 23.0 Å². The number of aryl methyl sites for hydroxylation is 2. The zero-order chi connectivity index (χ0) is 15.0. The number of nitrogens with two attached hydrogens (primary N) is 1. The first kappa shape index (κ1) is 14.1. The molecule has 0 radical (unpaired) electrons. The third-order valence-electron chi connectivity index (χ3n) is 3.47. The molecule has 2 N–H and O–H groups in total. The molecule has 0 aliphatic heterocycles. The van der Waals surface area contributed by atoms with Crippen LogP contribution in [0.4, 0.5) is 5.69 Å². The van der Waals surface area contributed by atoms with Crippen LogP contribution < -0.4 is 5.73 Å². The molecule has 3 rings (SSSR count). The van der Waals surface area contributed by atoms with Gasteiger partial charge in [-0.25, -0.2) is 4.68 Å². The van der Waals surface area contributed by atoms with Gasteiger partial charge in [0.15, 0.2) is 0 Å². The lowest BCUT2D eigenvalue weighted by Crippen LogP contribution is -1.98. The van der Waals surface area contributed by atoms with Crippen molar-refractivity contribution in [2.24, 2.45) is 0 Å². The first-order valence-electron chi connectivity index (χ1n) is 6.73. The number of nitrogen functional groups attached to an aromatic ring is 1. The summed E-state index contributed by atoms with van der Waals surface area (Å²) in [4.78, 5) is 0. The second-order valence-electron chi connectivity index (χ2n) is 5.17. The Morgan fingerprint density at radius 1 is 1.05 bits per heavy atom. The van der Waals surface area contributed by atoms with Gasteiger partial charge in [-0.1, -0.05) is 24.3 Å². The Morgan fingerprint density at radius 2 is 1.76 bits per heavy atom. The van der Waals surface area contributed by atoms with Crippen molar-refractivity contribution in [2.45, 2.75) is 13.8 Å². The Morgan fingerprint density at radius 3 is 2.48 bits per heavy atom. The van der Waals surface area contributed by atoms with Gasteiger partial charge in [-0.3, -0.25) is 0 Å². The number of nitrogens with zero attached hydrogens (tertiary/aromatic N) is 2. The molecule has 0 spiro atoms. The van der Waals surface area contributed by atoms with Gasteiger partial charge in [0.1, 0.15) is 5.69 Å². The SMILES string of the molecule is Cc1ccc(C)c(-n2cc(N)c(-c3ccc(I)cc3)n2)c1. The van der Waals surface area contributed by atoms with Gasteiger partial charge in [-0.2, -0.15) is 5.10 Å². The minimum absolute atomic E-state index is 0.692. The first-order chi connectivity index (χ1) is 10.0. The summed E-state index contributed by atoms with van der Waals surface area (Å²) >= 11 is 2.29. The van der Waals surface area contributed by atoms with E-state index in [0.29, 0.717) is 5.69 Å². The first-order valence-corrected chi connectivity index (χ1v) is 7.81. The normalized spacial score (nSPS) is 10.8. The molecule has 0 unspecified atom stereocenters. The summed E-state index contributed by atoms with van der Waals surface area (Å²) in [6.07, 6.45) is 1.88. The molecule has 0 bridgehead atoms. The lowest BCUT2D eigenvalue weighted by atomic mass is 10.1. The van der Waals surface area contributed by atoms with Crippen LogP contribution in [-0.4, -0.2) is 9.78 Å². The van der Waals surface area contributed by atoms with Crippen molar-refractivity contribution < 1.29 is 0 Å². The van der Waals surface area contributed by atoms with Crippen molar-refractivity contribution in [1.82, 2.24) is 9.78 Å². The molecular formula is C17H16IN3. The van der Waals surface area contributed by atoms with Gasteiger partial charge >= 0.3 is 0 Å². The van der Waals surface area contributed by atoms with Crippen LogP contribution in [-0.2, 0) is 0 Å². The smallest absolute Gasteiger partial charge is 0.116 e. The molecule has 21 heavy (non-hydrogen) atoms. The number of halogens is 1. The molecule has 0 fully saturated rings. The van der Waals surface area contributed by atoms with Gasteiger partial charge in [0.05, 0.1) is 17.6 Å². The molecule has 1 heterocycles. The number of benzene rings is 2. The largest absolute Gasteiger partial charge is 0.396 e. The molecule has 0 saturated heterocycles. The van der Waals surface area contributed by atoms with Crippen molar-refractivity contribution in [3.05, 3.63) is 63.4 Å². The van der Waals surface area contributed by atoms with Crippen molar-refractivity contribution in [3.8, 4) is 16.9 Å². The van der Waals surface area contributed by atoms with E-state index in [0.717, 1.165) is 16.9 Å². The highest BCUT2D eigenvalue weighted by atomic mass is 127. The van der Waals surface area contributed by atoms with Crippen LogP contribution in [0, 0.1) is 17.4 Å². The quantitative estimate of drug-likeness (QED) is 0.663. The van der Waals surface area contributed by atoms with Crippen molar-refractivity contribution in [2.75, 3.05) is 5.73 Å².